The molecule has 3 aliphatic rings. The van der Waals surface area contributed by atoms with E-state index >= 15 is 0 Å². The van der Waals surface area contributed by atoms with Crippen molar-refractivity contribution in [1.29, 1.82) is 0 Å². The summed E-state index contributed by atoms with van der Waals surface area (Å²) in [7, 11) is 0. The number of nitrogens with zero attached hydrogens (tertiary/aromatic N) is 3. The summed E-state index contributed by atoms with van der Waals surface area (Å²) in [5.74, 6) is -0.00149. The van der Waals surface area contributed by atoms with Gasteiger partial charge in [0.15, 0.2) is 0 Å². The molecule has 10 heteroatoms. The van der Waals surface area contributed by atoms with E-state index in [1.54, 1.807) is 18.2 Å². The minimum atomic E-state index is -0.426. The van der Waals surface area contributed by atoms with E-state index in [2.05, 4.69) is 33.2 Å². The molecule has 6 heterocycles. The van der Waals surface area contributed by atoms with Gasteiger partial charge in [0, 0.05) is 16.2 Å². The van der Waals surface area contributed by atoms with Gasteiger partial charge in [0.2, 0.25) is 17.8 Å². The van der Waals surface area contributed by atoms with Crippen molar-refractivity contribution in [2.75, 3.05) is 0 Å². The molecule has 0 saturated heterocycles. The van der Waals surface area contributed by atoms with E-state index in [9.17, 15) is 13.2 Å². The Hall–Kier alpha value is -7.39. The van der Waals surface area contributed by atoms with Crippen LogP contribution in [-0.4, -0.2) is 15.0 Å². The first kappa shape index (κ1) is 52.3. The van der Waals surface area contributed by atoms with Crippen LogP contribution in [0.25, 0.3) is 99.6 Å². The SMILES string of the molecule is Fc1cc(C2CCCCC2)cc(-c2[c-]ccc3c2oc2ccccc23)n1.Fc1cc(C2CCCCC2)cc(-c2[c-]ccc3c2oc2ccccc23)n1.Fc1cc(C2CCCCC2)cc(-c2[c-]ccc3c2oc2ccccc23)n1.[Ir+3]. The Morgan fingerprint density at radius 3 is 0.911 bits per heavy atom. The van der Waals surface area contributed by atoms with Crippen LogP contribution in [0.2, 0.25) is 0 Å². The zero-order valence-corrected chi connectivity index (χ0v) is 46.1. The summed E-state index contributed by atoms with van der Waals surface area (Å²) in [6.45, 7) is 0. The summed E-state index contributed by atoms with van der Waals surface area (Å²) in [4.78, 5) is 12.5. The molecule has 12 aromatic rings. The zero-order valence-electron chi connectivity index (χ0n) is 43.7. The van der Waals surface area contributed by atoms with Crippen LogP contribution in [0, 0.1) is 36.0 Å². The molecule has 79 heavy (non-hydrogen) atoms. The van der Waals surface area contributed by atoms with Gasteiger partial charge in [0.25, 0.3) is 0 Å². The normalized spacial score (nSPS) is 15.5. The maximum atomic E-state index is 14.3. The number of halogens is 3. The number of aromatic nitrogens is 3. The van der Waals surface area contributed by atoms with Crippen molar-refractivity contribution in [2.45, 2.75) is 114 Å². The third-order valence-corrected chi connectivity index (χ3v) is 16.5. The molecule has 0 aliphatic heterocycles. The van der Waals surface area contributed by atoms with Crippen molar-refractivity contribution in [2.24, 2.45) is 0 Å². The van der Waals surface area contributed by atoms with Crippen LogP contribution in [0.5, 0.6) is 0 Å². The van der Waals surface area contributed by atoms with Crippen molar-refractivity contribution < 1.29 is 46.5 Å². The maximum Gasteiger partial charge on any atom is 3.00 e. The summed E-state index contributed by atoms with van der Waals surface area (Å²) in [5.41, 5.74) is 11.8. The van der Waals surface area contributed by atoms with E-state index in [-0.39, 0.29) is 20.1 Å². The van der Waals surface area contributed by atoms with Gasteiger partial charge in [0.1, 0.15) is 16.7 Å². The molecule has 3 saturated carbocycles. The predicted molar refractivity (Wildman–Crippen MR) is 305 cm³/mol. The molecule has 3 fully saturated rings. The monoisotopic (exact) mass is 1230 g/mol. The summed E-state index contributed by atoms with van der Waals surface area (Å²) < 4.78 is 61.2. The minimum absolute atomic E-state index is 0. The number of para-hydroxylation sites is 3. The smallest absolute Gasteiger partial charge is 0.501 e. The number of rotatable bonds is 6. The largest absolute Gasteiger partial charge is 3.00 e. The molecule has 0 N–H and O–H groups in total. The van der Waals surface area contributed by atoms with Crippen LogP contribution in [0.1, 0.15) is 131 Å². The Kier molecular flexibility index (Phi) is 15.3. The van der Waals surface area contributed by atoms with Gasteiger partial charge in [-0.2, -0.15) is 13.2 Å². The molecular weight excluding hydrogens is 1170 g/mol. The number of furan rings is 3. The van der Waals surface area contributed by atoms with E-state index in [4.69, 9.17) is 13.3 Å². The standard InChI is InChI=1S/3C23H19FNO.Ir/c3*24-22-14-16(15-7-2-1-3-8-15)13-20(25-22)19-11-6-10-18-17-9-4-5-12-21(17)26-23(18)19;/h3*4-6,9-10,12-15H,1-3,7-8H2;/q3*-1;+3. The number of pyridine rings is 3. The maximum absolute atomic E-state index is 14.3. The van der Waals surface area contributed by atoms with Crippen LogP contribution >= 0.6 is 0 Å². The summed E-state index contributed by atoms with van der Waals surface area (Å²) >= 11 is 0. The van der Waals surface area contributed by atoms with Gasteiger partial charge in [-0.25, -0.2) is 0 Å². The first-order chi connectivity index (χ1) is 38.4. The second kappa shape index (κ2) is 23.1. The molecule has 0 unspecified atom stereocenters. The Morgan fingerprint density at radius 2 is 0.620 bits per heavy atom. The Balaban J connectivity index is 0.000000118. The molecule has 396 valence electrons. The van der Waals surface area contributed by atoms with E-state index < -0.39 is 17.8 Å². The van der Waals surface area contributed by atoms with Gasteiger partial charge in [-0.05, 0) is 126 Å². The molecule has 0 radical (unpaired) electrons. The Bertz CT molecular complexity index is 3710. The van der Waals surface area contributed by atoms with Crippen LogP contribution in [-0.2, 0) is 20.1 Å². The fraction of sp³-hybridized carbons (Fsp3) is 0.261. The van der Waals surface area contributed by atoms with Crippen molar-refractivity contribution in [3.8, 4) is 33.8 Å². The number of fused-ring (bicyclic) bond motifs is 9. The van der Waals surface area contributed by atoms with Crippen LogP contribution in [0.4, 0.5) is 13.2 Å². The second-order valence-corrected chi connectivity index (χ2v) is 21.4. The summed E-state index contributed by atoms with van der Waals surface area (Å²) in [6, 6.07) is 55.9. The quantitative estimate of drug-likeness (QED) is 0.122. The Morgan fingerprint density at radius 1 is 0.342 bits per heavy atom. The van der Waals surface area contributed by atoms with E-state index in [1.165, 1.54) is 57.8 Å². The first-order valence-electron chi connectivity index (χ1n) is 27.9. The third-order valence-electron chi connectivity index (χ3n) is 16.5. The van der Waals surface area contributed by atoms with E-state index in [0.29, 0.717) is 34.8 Å². The second-order valence-electron chi connectivity index (χ2n) is 21.4. The van der Waals surface area contributed by atoms with Crippen molar-refractivity contribution in [3.63, 3.8) is 0 Å². The van der Waals surface area contributed by atoms with Gasteiger partial charge >= 0.3 is 20.1 Å². The van der Waals surface area contributed by atoms with Gasteiger partial charge in [0.05, 0.1) is 16.7 Å². The molecule has 0 atom stereocenters. The van der Waals surface area contributed by atoms with Gasteiger partial charge in [-0.15, -0.1) is 54.6 Å². The molecule has 0 spiro atoms. The van der Waals surface area contributed by atoms with Crippen LogP contribution < -0.4 is 0 Å². The number of hydrogen-bond donors (Lipinski definition) is 0. The molecular formula is C69H57F3IrN3O3. The van der Waals surface area contributed by atoms with Crippen LogP contribution in [0.3, 0.4) is 0 Å². The predicted octanol–water partition coefficient (Wildman–Crippen LogP) is 19.9. The fourth-order valence-corrected chi connectivity index (χ4v) is 12.6. The summed E-state index contributed by atoms with van der Waals surface area (Å²) in [6.07, 6.45) is 17.9. The summed E-state index contributed by atoms with van der Waals surface area (Å²) in [5, 5.41) is 6.21. The molecule has 15 rings (SSSR count). The van der Waals surface area contributed by atoms with Gasteiger partial charge in [-0.3, -0.25) is 15.0 Å². The molecule has 6 aromatic heterocycles. The first-order valence-corrected chi connectivity index (χ1v) is 27.9. The number of hydrogen-bond acceptors (Lipinski definition) is 6. The van der Waals surface area contributed by atoms with Crippen LogP contribution in [0.15, 0.2) is 159 Å². The number of benzene rings is 6. The molecule has 6 nitrogen and oxygen atoms in total. The molecule has 0 bridgehead atoms. The fourth-order valence-electron chi connectivity index (χ4n) is 12.6. The molecule has 3 aliphatic carbocycles. The average Bonchev–Trinajstić information content (AvgIpc) is 4.42. The van der Waals surface area contributed by atoms with Crippen molar-refractivity contribution in [1.82, 2.24) is 15.0 Å². The van der Waals surface area contributed by atoms with E-state index in [1.807, 2.05) is 127 Å². The average molecular weight is 1230 g/mol. The Labute approximate surface area is 470 Å². The zero-order chi connectivity index (χ0) is 52.5. The van der Waals surface area contributed by atoms with Crippen molar-refractivity contribution >= 4 is 65.8 Å². The topological polar surface area (TPSA) is 78.1 Å². The molecule has 6 aromatic carbocycles. The third kappa shape index (κ3) is 10.8. The minimum Gasteiger partial charge on any atom is -0.501 e. The van der Waals surface area contributed by atoms with Crippen molar-refractivity contribution in [3.05, 3.63) is 198 Å². The van der Waals surface area contributed by atoms with Gasteiger partial charge in [-0.1, -0.05) is 163 Å². The molecule has 0 amide bonds. The van der Waals surface area contributed by atoms with E-state index in [0.717, 1.165) is 138 Å². The van der Waals surface area contributed by atoms with Gasteiger partial charge < -0.3 is 13.3 Å².